The monoisotopic (exact) mass is 396 g/mol. The second kappa shape index (κ2) is 8.55. The molecule has 0 aliphatic rings. The summed E-state index contributed by atoms with van der Waals surface area (Å²) in [7, 11) is 0. The van der Waals surface area contributed by atoms with Gasteiger partial charge in [-0.25, -0.2) is 4.79 Å². The van der Waals surface area contributed by atoms with E-state index in [4.69, 9.17) is 9.15 Å². The van der Waals surface area contributed by atoms with Crippen molar-refractivity contribution in [2.45, 2.75) is 46.3 Å². The fourth-order valence-corrected chi connectivity index (χ4v) is 2.87. The summed E-state index contributed by atoms with van der Waals surface area (Å²) in [6.07, 6.45) is 1.02. The van der Waals surface area contributed by atoms with E-state index in [0.717, 1.165) is 29.6 Å². The van der Waals surface area contributed by atoms with Crippen molar-refractivity contribution >= 4 is 23.1 Å². The zero-order chi connectivity index (χ0) is 21.0. The lowest BCUT2D eigenvalue weighted by Crippen LogP contribution is -2.37. The molecular weight excluding hydrogens is 368 g/mol. The van der Waals surface area contributed by atoms with Gasteiger partial charge in [-0.05, 0) is 56.0 Å². The predicted molar refractivity (Wildman–Crippen MR) is 113 cm³/mol. The normalized spacial score (nSPS) is 11.8. The summed E-state index contributed by atoms with van der Waals surface area (Å²) in [5.74, 6) is 0.0880. The fourth-order valence-electron chi connectivity index (χ4n) is 2.87. The SMILES string of the molecule is CC(C)CCN(Cc1ccc(OC(C)(C)C(=O)O)cc1)c1nc2ccccc2o1. The molecule has 3 rings (SSSR count). The maximum absolute atomic E-state index is 11.2. The van der Waals surface area contributed by atoms with Crippen LogP contribution in [0.3, 0.4) is 0 Å². The third-order valence-electron chi connectivity index (χ3n) is 4.71. The van der Waals surface area contributed by atoms with Crippen LogP contribution in [0.2, 0.25) is 0 Å². The molecule has 3 aromatic rings. The van der Waals surface area contributed by atoms with E-state index in [1.807, 2.05) is 36.4 Å². The third-order valence-corrected chi connectivity index (χ3v) is 4.71. The maximum Gasteiger partial charge on any atom is 0.347 e. The molecule has 0 aliphatic heterocycles. The van der Waals surface area contributed by atoms with Crippen LogP contribution in [-0.4, -0.2) is 28.2 Å². The van der Waals surface area contributed by atoms with Gasteiger partial charge in [0.15, 0.2) is 11.2 Å². The molecule has 6 heteroatoms. The maximum atomic E-state index is 11.2. The number of aliphatic carboxylic acids is 1. The average molecular weight is 396 g/mol. The van der Waals surface area contributed by atoms with Gasteiger partial charge in [0, 0.05) is 13.1 Å². The van der Waals surface area contributed by atoms with Crippen LogP contribution >= 0.6 is 0 Å². The Hall–Kier alpha value is -3.02. The van der Waals surface area contributed by atoms with E-state index in [1.54, 1.807) is 12.1 Å². The number of oxazole rings is 1. The van der Waals surface area contributed by atoms with Gasteiger partial charge in [0.05, 0.1) is 0 Å². The first-order chi connectivity index (χ1) is 13.7. The van der Waals surface area contributed by atoms with Crippen molar-refractivity contribution in [3.05, 3.63) is 54.1 Å². The molecule has 1 aromatic heterocycles. The van der Waals surface area contributed by atoms with Crippen molar-refractivity contribution in [3.63, 3.8) is 0 Å². The highest BCUT2D eigenvalue weighted by molar-refractivity contribution is 5.76. The largest absolute Gasteiger partial charge is 0.478 e. The predicted octanol–water partition coefficient (Wildman–Crippen LogP) is 5.12. The molecule has 0 fully saturated rings. The lowest BCUT2D eigenvalue weighted by Gasteiger charge is -2.23. The highest BCUT2D eigenvalue weighted by atomic mass is 16.5. The van der Waals surface area contributed by atoms with Gasteiger partial charge >= 0.3 is 5.97 Å². The first-order valence-electron chi connectivity index (χ1n) is 9.86. The van der Waals surface area contributed by atoms with E-state index in [0.29, 0.717) is 24.2 Å². The fraction of sp³-hybridized carbons (Fsp3) is 0.391. The van der Waals surface area contributed by atoms with Crippen LogP contribution in [-0.2, 0) is 11.3 Å². The summed E-state index contributed by atoms with van der Waals surface area (Å²) >= 11 is 0. The molecule has 1 N–H and O–H groups in total. The lowest BCUT2D eigenvalue weighted by molar-refractivity contribution is -0.152. The molecule has 0 radical (unpaired) electrons. The van der Waals surface area contributed by atoms with Crippen LogP contribution in [0.15, 0.2) is 52.9 Å². The first kappa shape index (κ1) is 20.7. The Morgan fingerprint density at radius 3 is 2.48 bits per heavy atom. The zero-order valence-corrected chi connectivity index (χ0v) is 17.4. The van der Waals surface area contributed by atoms with Crippen molar-refractivity contribution in [3.8, 4) is 5.75 Å². The Labute approximate surface area is 171 Å². The number of benzene rings is 2. The molecule has 2 aromatic carbocycles. The van der Waals surface area contributed by atoms with Crippen LogP contribution in [0.5, 0.6) is 5.75 Å². The second-order valence-corrected chi connectivity index (χ2v) is 8.13. The molecule has 154 valence electrons. The Balaban J connectivity index is 1.77. The molecule has 0 amide bonds. The Kier molecular flexibility index (Phi) is 6.11. The van der Waals surface area contributed by atoms with Gasteiger partial charge < -0.3 is 19.2 Å². The molecule has 0 spiro atoms. The number of aromatic nitrogens is 1. The number of carbonyl (C=O) groups is 1. The average Bonchev–Trinajstić information content (AvgIpc) is 3.10. The number of hydrogen-bond donors (Lipinski definition) is 1. The molecule has 0 saturated heterocycles. The summed E-state index contributed by atoms with van der Waals surface area (Å²) in [6.45, 7) is 8.92. The molecule has 29 heavy (non-hydrogen) atoms. The minimum Gasteiger partial charge on any atom is -0.478 e. The van der Waals surface area contributed by atoms with Crippen molar-refractivity contribution < 1.29 is 19.1 Å². The van der Waals surface area contributed by atoms with Crippen LogP contribution in [0.1, 0.15) is 39.7 Å². The molecule has 6 nitrogen and oxygen atoms in total. The number of ether oxygens (including phenoxy) is 1. The second-order valence-electron chi connectivity index (χ2n) is 8.13. The summed E-state index contributed by atoms with van der Waals surface area (Å²) in [5.41, 5.74) is 1.41. The van der Waals surface area contributed by atoms with Gasteiger partial charge in [-0.1, -0.05) is 38.1 Å². The van der Waals surface area contributed by atoms with Crippen LogP contribution in [0.4, 0.5) is 6.01 Å². The van der Waals surface area contributed by atoms with E-state index in [1.165, 1.54) is 13.8 Å². The topological polar surface area (TPSA) is 75.8 Å². The number of nitrogens with zero attached hydrogens (tertiary/aromatic N) is 2. The number of para-hydroxylation sites is 2. The van der Waals surface area contributed by atoms with Crippen molar-refractivity contribution in [1.82, 2.24) is 4.98 Å². The van der Waals surface area contributed by atoms with Gasteiger partial charge in [-0.3, -0.25) is 0 Å². The minimum absolute atomic E-state index is 0.525. The van der Waals surface area contributed by atoms with E-state index < -0.39 is 11.6 Å². The molecule has 0 atom stereocenters. The van der Waals surface area contributed by atoms with E-state index in [-0.39, 0.29) is 0 Å². The first-order valence-corrected chi connectivity index (χ1v) is 9.86. The van der Waals surface area contributed by atoms with Crippen molar-refractivity contribution in [2.75, 3.05) is 11.4 Å². The number of fused-ring (bicyclic) bond motifs is 1. The molecule has 0 aliphatic carbocycles. The molecule has 1 heterocycles. The van der Waals surface area contributed by atoms with Crippen LogP contribution < -0.4 is 9.64 Å². The van der Waals surface area contributed by atoms with Gasteiger partial charge in [-0.2, -0.15) is 4.98 Å². The van der Waals surface area contributed by atoms with Crippen molar-refractivity contribution in [1.29, 1.82) is 0 Å². The Bertz CT molecular complexity index is 927. The molecule has 0 bridgehead atoms. The molecular formula is C23H28N2O4. The summed E-state index contributed by atoms with van der Waals surface area (Å²) in [6, 6.07) is 15.8. The number of hydrogen-bond acceptors (Lipinski definition) is 5. The van der Waals surface area contributed by atoms with Gasteiger partial charge in [0.25, 0.3) is 6.01 Å². The zero-order valence-electron chi connectivity index (χ0n) is 17.4. The van der Waals surface area contributed by atoms with Gasteiger partial charge in [0.2, 0.25) is 0 Å². The van der Waals surface area contributed by atoms with E-state index in [9.17, 15) is 9.90 Å². The molecule has 0 saturated carbocycles. The van der Waals surface area contributed by atoms with E-state index in [2.05, 4.69) is 23.7 Å². The smallest absolute Gasteiger partial charge is 0.347 e. The standard InChI is InChI=1S/C23H28N2O4/c1-16(2)13-14-25(22-24-19-7-5-6-8-20(19)28-22)15-17-9-11-18(12-10-17)29-23(3,4)21(26)27/h5-12,16H,13-15H2,1-4H3,(H,26,27). The minimum atomic E-state index is -1.27. The lowest BCUT2D eigenvalue weighted by atomic mass is 10.1. The Morgan fingerprint density at radius 2 is 1.86 bits per heavy atom. The number of carboxylic acids is 1. The van der Waals surface area contributed by atoms with Crippen molar-refractivity contribution in [2.24, 2.45) is 5.92 Å². The summed E-state index contributed by atoms with van der Waals surface area (Å²) in [4.78, 5) is 18.0. The number of rotatable bonds is 9. The Morgan fingerprint density at radius 1 is 1.17 bits per heavy atom. The third kappa shape index (κ3) is 5.28. The number of anilines is 1. The van der Waals surface area contributed by atoms with Crippen LogP contribution in [0, 0.1) is 5.92 Å². The summed E-state index contributed by atoms with van der Waals surface area (Å²) < 4.78 is 11.6. The highest BCUT2D eigenvalue weighted by Gasteiger charge is 2.29. The highest BCUT2D eigenvalue weighted by Crippen LogP contribution is 2.25. The van der Waals surface area contributed by atoms with Gasteiger partial charge in [-0.15, -0.1) is 0 Å². The number of carboxylic acid groups (broad SMARTS) is 1. The van der Waals surface area contributed by atoms with E-state index >= 15 is 0 Å². The van der Waals surface area contributed by atoms with Crippen LogP contribution in [0.25, 0.3) is 11.1 Å². The summed E-state index contributed by atoms with van der Waals surface area (Å²) in [5, 5.41) is 9.22. The van der Waals surface area contributed by atoms with Gasteiger partial charge in [0.1, 0.15) is 11.3 Å². The quantitative estimate of drug-likeness (QED) is 0.541. The molecule has 0 unspecified atom stereocenters.